The number of carboxylic acid groups (broad SMARTS) is 2. The Labute approximate surface area is 103 Å². The summed E-state index contributed by atoms with van der Waals surface area (Å²) in [5.74, 6) is -3.77. The number of nitrogens with zero attached hydrogens (tertiary/aromatic N) is 1. The topological polar surface area (TPSA) is 108 Å². The molecule has 0 bridgehead atoms. The van der Waals surface area contributed by atoms with Crippen LogP contribution < -0.4 is 4.74 Å². The zero-order valence-electron chi connectivity index (χ0n) is 9.37. The molecule has 6 nitrogen and oxygen atoms in total. The van der Waals surface area contributed by atoms with E-state index in [0.717, 1.165) is 0 Å². The lowest BCUT2D eigenvalue weighted by molar-refractivity contribution is -0.155. The summed E-state index contributed by atoms with van der Waals surface area (Å²) in [5.41, 5.74) is 0.483. The molecule has 2 N–H and O–H groups in total. The summed E-state index contributed by atoms with van der Waals surface area (Å²) in [6, 6.07) is 8.19. The van der Waals surface area contributed by atoms with Crippen molar-refractivity contribution in [2.24, 2.45) is 5.92 Å². The van der Waals surface area contributed by atoms with E-state index in [1.165, 1.54) is 0 Å². The van der Waals surface area contributed by atoms with Crippen molar-refractivity contribution in [3.8, 4) is 11.8 Å². The number of benzene rings is 1. The van der Waals surface area contributed by atoms with Gasteiger partial charge < -0.3 is 14.9 Å². The molecular weight excluding hydrogens is 238 g/mol. The fraction of sp³-hybridized carbons (Fsp3) is 0.250. The van der Waals surface area contributed by atoms with Gasteiger partial charge in [-0.05, 0) is 24.3 Å². The Balaban J connectivity index is 2.48. The third-order valence-corrected chi connectivity index (χ3v) is 2.25. The van der Waals surface area contributed by atoms with Crippen LogP contribution in [0.1, 0.15) is 12.0 Å². The number of hydrogen-bond acceptors (Lipinski definition) is 4. The Morgan fingerprint density at radius 3 is 2.22 bits per heavy atom. The largest absolute Gasteiger partial charge is 0.494 e. The molecule has 0 unspecified atom stereocenters. The second-order valence-corrected chi connectivity index (χ2v) is 3.50. The molecule has 0 atom stereocenters. The Bertz CT molecular complexity index is 460. The fourth-order valence-electron chi connectivity index (χ4n) is 1.27. The van der Waals surface area contributed by atoms with Crippen molar-refractivity contribution < 1.29 is 24.5 Å². The van der Waals surface area contributed by atoms with Crippen molar-refractivity contribution in [2.75, 3.05) is 6.61 Å². The number of rotatable bonds is 6. The Morgan fingerprint density at radius 1 is 1.22 bits per heavy atom. The highest BCUT2D eigenvalue weighted by Crippen LogP contribution is 2.13. The molecule has 0 aromatic heterocycles. The van der Waals surface area contributed by atoms with Crippen LogP contribution in [0.15, 0.2) is 24.3 Å². The van der Waals surface area contributed by atoms with E-state index in [0.29, 0.717) is 11.3 Å². The van der Waals surface area contributed by atoms with Crippen molar-refractivity contribution in [3.05, 3.63) is 29.8 Å². The number of carboxylic acids is 2. The zero-order chi connectivity index (χ0) is 13.5. The summed E-state index contributed by atoms with van der Waals surface area (Å²) in [4.78, 5) is 21.2. The molecule has 0 amide bonds. The van der Waals surface area contributed by atoms with Gasteiger partial charge in [0.25, 0.3) is 0 Å². The zero-order valence-corrected chi connectivity index (χ0v) is 9.37. The first-order chi connectivity index (χ1) is 8.54. The van der Waals surface area contributed by atoms with Gasteiger partial charge >= 0.3 is 11.9 Å². The molecule has 0 heterocycles. The van der Waals surface area contributed by atoms with E-state index in [4.69, 9.17) is 20.2 Å². The van der Waals surface area contributed by atoms with Crippen LogP contribution >= 0.6 is 0 Å². The van der Waals surface area contributed by atoms with Crippen molar-refractivity contribution in [1.29, 1.82) is 5.26 Å². The molecule has 0 aliphatic rings. The molecule has 0 aliphatic heterocycles. The molecule has 1 aromatic rings. The quantitative estimate of drug-likeness (QED) is 0.731. The molecular formula is C12H11NO5. The van der Waals surface area contributed by atoms with Crippen LogP contribution in [-0.4, -0.2) is 28.8 Å². The second kappa shape index (κ2) is 6.25. The highest BCUT2D eigenvalue weighted by atomic mass is 16.5. The number of aliphatic carboxylic acids is 2. The highest BCUT2D eigenvalue weighted by molar-refractivity contribution is 5.92. The minimum Gasteiger partial charge on any atom is -0.494 e. The second-order valence-electron chi connectivity index (χ2n) is 3.50. The SMILES string of the molecule is N#Cc1ccc(OCCC(C(=O)O)C(=O)O)cc1. The minimum atomic E-state index is -1.47. The smallest absolute Gasteiger partial charge is 0.318 e. The molecule has 0 aliphatic carbocycles. The molecule has 0 fully saturated rings. The van der Waals surface area contributed by atoms with Crippen LogP contribution in [0, 0.1) is 17.2 Å². The summed E-state index contributed by atoms with van der Waals surface area (Å²) in [5, 5.41) is 25.9. The van der Waals surface area contributed by atoms with E-state index in [9.17, 15) is 9.59 Å². The minimum absolute atomic E-state index is 0.0187. The maximum Gasteiger partial charge on any atom is 0.318 e. The lowest BCUT2D eigenvalue weighted by Crippen LogP contribution is -2.25. The summed E-state index contributed by atoms with van der Waals surface area (Å²) in [6.07, 6.45) is -0.120. The van der Waals surface area contributed by atoms with Gasteiger partial charge in [-0.2, -0.15) is 5.26 Å². The standard InChI is InChI=1S/C12H11NO5/c13-7-8-1-3-9(4-2-8)18-6-5-10(11(14)15)12(16)17/h1-4,10H,5-6H2,(H,14,15)(H,16,17). The monoisotopic (exact) mass is 249 g/mol. The normalized spacial score (nSPS) is 9.78. The highest BCUT2D eigenvalue weighted by Gasteiger charge is 2.25. The van der Waals surface area contributed by atoms with Gasteiger partial charge in [-0.25, -0.2) is 0 Å². The van der Waals surface area contributed by atoms with E-state index >= 15 is 0 Å². The van der Waals surface area contributed by atoms with Crippen molar-refractivity contribution in [1.82, 2.24) is 0 Å². The van der Waals surface area contributed by atoms with Gasteiger partial charge in [-0.15, -0.1) is 0 Å². The molecule has 0 saturated carbocycles. The summed E-state index contributed by atoms with van der Waals surface area (Å²) >= 11 is 0. The van der Waals surface area contributed by atoms with Crippen molar-refractivity contribution >= 4 is 11.9 Å². The van der Waals surface area contributed by atoms with Gasteiger partial charge in [0.1, 0.15) is 5.75 Å². The maximum absolute atomic E-state index is 10.6. The van der Waals surface area contributed by atoms with E-state index < -0.39 is 17.9 Å². The third kappa shape index (κ3) is 3.79. The molecule has 6 heteroatoms. The van der Waals surface area contributed by atoms with Gasteiger partial charge in [-0.3, -0.25) is 9.59 Å². The van der Waals surface area contributed by atoms with Crippen LogP contribution in [0.5, 0.6) is 5.75 Å². The van der Waals surface area contributed by atoms with Gasteiger partial charge in [0.05, 0.1) is 18.2 Å². The van der Waals surface area contributed by atoms with E-state index in [2.05, 4.69) is 0 Å². The molecule has 0 spiro atoms. The van der Waals surface area contributed by atoms with E-state index in [1.54, 1.807) is 24.3 Å². The average molecular weight is 249 g/mol. The Morgan fingerprint density at radius 2 is 1.78 bits per heavy atom. The number of ether oxygens (including phenoxy) is 1. The summed E-state index contributed by atoms with van der Waals surface area (Å²) in [6.45, 7) is -0.0187. The van der Waals surface area contributed by atoms with Crippen LogP contribution in [-0.2, 0) is 9.59 Å². The number of hydrogen-bond donors (Lipinski definition) is 2. The Hall–Kier alpha value is -2.55. The summed E-state index contributed by atoms with van der Waals surface area (Å²) in [7, 11) is 0. The first-order valence-electron chi connectivity index (χ1n) is 5.13. The molecule has 18 heavy (non-hydrogen) atoms. The predicted molar refractivity (Wildman–Crippen MR) is 60.0 cm³/mol. The summed E-state index contributed by atoms with van der Waals surface area (Å²) < 4.78 is 5.20. The van der Waals surface area contributed by atoms with Gasteiger partial charge in [0.15, 0.2) is 5.92 Å². The lowest BCUT2D eigenvalue weighted by atomic mass is 10.1. The molecule has 1 rings (SSSR count). The molecule has 0 saturated heterocycles. The number of carbonyl (C=O) groups is 2. The molecule has 1 aromatic carbocycles. The van der Waals surface area contributed by atoms with Crippen molar-refractivity contribution in [3.63, 3.8) is 0 Å². The average Bonchev–Trinajstić information content (AvgIpc) is 2.34. The Kier molecular flexibility index (Phi) is 4.69. The van der Waals surface area contributed by atoms with Gasteiger partial charge in [-0.1, -0.05) is 0 Å². The van der Waals surface area contributed by atoms with Crippen LogP contribution in [0.2, 0.25) is 0 Å². The molecule has 94 valence electrons. The van der Waals surface area contributed by atoms with Crippen LogP contribution in [0.3, 0.4) is 0 Å². The first-order valence-corrected chi connectivity index (χ1v) is 5.13. The first kappa shape index (κ1) is 13.5. The van der Waals surface area contributed by atoms with E-state index in [1.807, 2.05) is 6.07 Å². The predicted octanol–water partition coefficient (Wildman–Crippen LogP) is 1.11. The molecule has 0 radical (unpaired) electrons. The van der Waals surface area contributed by atoms with Crippen molar-refractivity contribution in [2.45, 2.75) is 6.42 Å². The van der Waals surface area contributed by atoms with Gasteiger partial charge in [0.2, 0.25) is 0 Å². The van der Waals surface area contributed by atoms with E-state index in [-0.39, 0.29) is 13.0 Å². The van der Waals surface area contributed by atoms with Crippen LogP contribution in [0.25, 0.3) is 0 Å². The maximum atomic E-state index is 10.6. The fourth-order valence-corrected chi connectivity index (χ4v) is 1.27. The lowest BCUT2D eigenvalue weighted by Gasteiger charge is -2.09. The van der Waals surface area contributed by atoms with Crippen LogP contribution in [0.4, 0.5) is 0 Å². The third-order valence-electron chi connectivity index (χ3n) is 2.25. The number of nitriles is 1. The van der Waals surface area contributed by atoms with Gasteiger partial charge in [0, 0.05) is 6.42 Å².